The molecule has 0 aromatic rings. The Morgan fingerprint density at radius 3 is 1.87 bits per heavy atom. The Labute approximate surface area is 88.6 Å². The molecule has 0 saturated carbocycles. The van der Waals surface area contributed by atoms with Crippen LogP contribution in [0.5, 0.6) is 0 Å². The van der Waals surface area contributed by atoms with Gasteiger partial charge in [0.15, 0.2) is 0 Å². The molecule has 7 heteroatoms. The quantitative estimate of drug-likeness (QED) is 0.510. The van der Waals surface area contributed by atoms with Crippen molar-refractivity contribution in [3.8, 4) is 0 Å². The van der Waals surface area contributed by atoms with Crippen LogP contribution in [0.2, 0.25) is 0 Å². The van der Waals surface area contributed by atoms with E-state index in [4.69, 9.17) is 20.6 Å². The lowest BCUT2D eigenvalue weighted by atomic mass is 9.86. The Kier molecular flexibility index (Phi) is 4.93. The predicted molar refractivity (Wildman–Crippen MR) is 55.4 cm³/mol. The third-order valence-electron chi connectivity index (χ3n) is 2.56. The van der Waals surface area contributed by atoms with E-state index in [-0.39, 0.29) is 5.92 Å². The van der Waals surface area contributed by atoms with Crippen LogP contribution in [-0.2, 0) is 9.36 Å². The van der Waals surface area contributed by atoms with E-state index in [1.54, 1.807) is 13.8 Å². The van der Waals surface area contributed by atoms with Gasteiger partial charge in [-0.1, -0.05) is 20.8 Å². The lowest BCUT2D eigenvalue weighted by molar-refractivity contribution is -0.140. The maximum atomic E-state index is 11.1. The predicted octanol–water partition coefficient (Wildman–Crippen LogP) is 0.237. The molecular formula is C8H18NO5P. The zero-order valence-corrected chi connectivity index (χ0v) is 9.89. The van der Waals surface area contributed by atoms with Crippen molar-refractivity contribution in [2.75, 3.05) is 0 Å². The second kappa shape index (κ2) is 5.07. The molecule has 5 N–H and O–H groups in total. The van der Waals surface area contributed by atoms with Gasteiger partial charge in [-0.2, -0.15) is 0 Å². The molecule has 0 saturated heterocycles. The summed E-state index contributed by atoms with van der Waals surface area (Å²) in [6, 6.07) is -1.26. The van der Waals surface area contributed by atoms with Crippen LogP contribution >= 0.6 is 7.60 Å². The Morgan fingerprint density at radius 2 is 1.67 bits per heavy atom. The molecule has 0 radical (unpaired) electrons. The summed E-state index contributed by atoms with van der Waals surface area (Å²) in [6.07, 6.45) is 0. The first-order valence-corrected chi connectivity index (χ1v) is 6.30. The van der Waals surface area contributed by atoms with Gasteiger partial charge in [0.05, 0.1) is 5.66 Å². The van der Waals surface area contributed by atoms with Crippen LogP contribution in [0.3, 0.4) is 0 Å². The van der Waals surface area contributed by atoms with Gasteiger partial charge < -0.3 is 20.6 Å². The van der Waals surface area contributed by atoms with Crippen molar-refractivity contribution in [2.24, 2.45) is 17.6 Å². The molecule has 0 unspecified atom stereocenters. The van der Waals surface area contributed by atoms with Crippen LogP contribution < -0.4 is 5.73 Å². The van der Waals surface area contributed by atoms with E-state index in [2.05, 4.69) is 0 Å². The SMILES string of the molecule is CC(C)[C@@H]([C@H](N)C(=O)O)[C@@H](C)P(=O)(O)O. The maximum absolute atomic E-state index is 11.1. The molecule has 90 valence electrons. The molecule has 0 aliphatic carbocycles. The average molecular weight is 239 g/mol. The number of hydrogen-bond donors (Lipinski definition) is 4. The smallest absolute Gasteiger partial charge is 0.328 e. The van der Waals surface area contributed by atoms with Crippen molar-refractivity contribution < 1.29 is 24.3 Å². The summed E-state index contributed by atoms with van der Waals surface area (Å²) in [5, 5.41) is 8.74. The van der Waals surface area contributed by atoms with Crippen LogP contribution in [0.1, 0.15) is 20.8 Å². The minimum atomic E-state index is -4.30. The number of carboxylic acid groups (broad SMARTS) is 1. The van der Waals surface area contributed by atoms with Gasteiger partial charge in [0, 0.05) is 5.92 Å². The number of carbonyl (C=O) groups is 1. The Balaban J connectivity index is 4.99. The second-order valence-corrected chi connectivity index (χ2v) is 6.01. The van der Waals surface area contributed by atoms with E-state index in [9.17, 15) is 9.36 Å². The van der Waals surface area contributed by atoms with Crippen LogP contribution in [0, 0.1) is 11.8 Å². The molecule has 0 bridgehead atoms. The maximum Gasteiger partial charge on any atom is 0.328 e. The summed E-state index contributed by atoms with van der Waals surface area (Å²) >= 11 is 0. The summed E-state index contributed by atoms with van der Waals surface area (Å²) in [5.74, 6) is -2.20. The monoisotopic (exact) mass is 239 g/mol. The minimum Gasteiger partial charge on any atom is -0.480 e. The Hall–Kier alpha value is -0.420. The fourth-order valence-corrected chi connectivity index (χ4v) is 2.64. The standard InChI is InChI=1S/C8H18NO5P/c1-4(2)6(7(9)8(10)11)5(3)15(12,13)14/h4-7H,9H2,1-3H3,(H,10,11)(H2,12,13,14)/t5-,6-,7+/m1/s1. The number of rotatable bonds is 5. The molecule has 0 amide bonds. The fourth-order valence-electron chi connectivity index (χ4n) is 1.66. The van der Waals surface area contributed by atoms with Gasteiger partial charge in [-0.3, -0.25) is 9.36 Å². The number of nitrogens with two attached hydrogens (primary N) is 1. The highest BCUT2D eigenvalue weighted by Gasteiger charge is 2.39. The summed E-state index contributed by atoms with van der Waals surface area (Å²) < 4.78 is 11.1. The topological polar surface area (TPSA) is 121 Å². The molecule has 0 fully saturated rings. The Bertz CT molecular complexity index is 274. The summed E-state index contributed by atoms with van der Waals surface area (Å²) in [4.78, 5) is 28.7. The first-order chi connectivity index (χ1) is 6.59. The van der Waals surface area contributed by atoms with Gasteiger partial charge >= 0.3 is 13.6 Å². The van der Waals surface area contributed by atoms with Gasteiger partial charge in [-0.25, -0.2) is 0 Å². The van der Waals surface area contributed by atoms with Gasteiger partial charge in [-0.15, -0.1) is 0 Å². The Morgan fingerprint density at radius 1 is 1.27 bits per heavy atom. The van der Waals surface area contributed by atoms with E-state index < -0.39 is 31.2 Å². The molecule has 0 spiro atoms. The molecular weight excluding hydrogens is 221 g/mol. The van der Waals surface area contributed by atoms with E-state index in [1.165, 1.54) is 6.92 Å². The van der Waals surface area contributed by atoms with E-state index >= 15 is 0 Å². The van der Waals surface area contributed by atoms with E-state index in [0.717, 1.165) is 0 Å². The van der Waals surface area contributed by atoms with Crippen molar-refractivity contribution in [3.63, 3.8) is 0 Å². The van der Waals surface area contributed by atoms with E-state index in [1.807, 2.05) is 0 Å². The van der Waals surface area contributed by atoms with Gasteiger partial charge in [0.2, 0.25) is 0 Å². The van der Waals surface area contributed by atoms with Crippen molar-refractivity contribution in [2.45, 2.75) is 32.5 Å². The van der Waals surface area contributed by atoms with Gasteiger partial charge in [0.1, 0.15) is 6.04 Å². The number of carboxylic acids is 1. The molecule has 3 atom stereocenters. The zero-order chi connectivity index (χ0) is 12.4. The summed E-state index contributed by atoms with van der Waals surface area (Å²) in [5.41, 5.74) is 4.36. The normalized spacial score (nSPS) is 18.6. The molecule has 6 nitrogen and oxygen atoms in total. The molecule has 0 heterocycles. The molecule has 0 rings (SSSR count). The summed E-state index contributed by atoms with van der Waals surface area (Å²) in [7, 11) is -4.30. The van der Waals surface area contributed by atoms with Gasteiger partial charge in [-0.05, 0) is 5.92 Å². The summed E-state index contributed by atoms with van der Waals surface area (Å²) in [6.45, 7) is 4.72. The molecule has 15 heavy (non-hydrogen) atoms. The van der Waals surface area contributed by atoms with Crippen LogP contribution in [0.25, 0.3) is 0 Å². The van der Waals surface area contributed by atoms with Crippen molar-refractivity contribution in [1.29, 1.82) is 0 Å². The largest absolute Gasteiger partial charge is 0.480 e. The van der Waals surface area contributed by atoms with Crippen LogP contribution in [0.15, 0.2) is 0 Å². The van der Waals surface area contributed by atoms with Crippen LogP contribution in [0.4, 0.5) is 0 Å². The second-order valence-electron chi connectivity index (χ2n) is 4.02. The minimum absolute atomic E-state index is 0.210. The molecule has 0 aromatic heterocycles. The van der Waals surface area contributed by atoms with Gasteiger partial charge in [0.25, 0.3) is 0 Å². The molecule has 0 aromatic carbocycles. The van der Waals surface area contributed by atoms with Crippen LogP contribution in [-0.4, -0.2) is 32.6 Å². The van der Waals surface area contributed by atoms with E-state index in [0.29, 0.717) is 0 Å². The zero-order valence-electron chi connectivity index (χ0n) is 8.99. The molecule has 0 aliphatic rings. The first kappa shape index (κ1) is 14.6. The van der Waals surface area contributed by atoms with Crippen molar-refractivity contribution in [1.82, 2.24) is 0 Å². The number of aliphatic carboxylic acids is 1. The first-order valence-electron chi connectivity index (χ1n) is 4.62. The highest BCUT2D eigenvalue weighted by Crippen LogP contribution is 2.47. The number of hydrogen-bond acceptors (Lipinski definition) is 3. The third kappa shape index (κ3) is 3.91. The van der Waals surface area contributed by atoms with Crippen molar-refractivity contribution >= 4 is 13.6 Å². The highest BCUT2D eigenvalue weighted by atomic mass is 31.2. The fraction of sp³-hybridized carbons (Fsp3) is 0.875. The average Bonchev–Trinajstić information content (AvgIpc) is 2.01. The van der Waals surface area contributed by atoms with Crippen molar-refractivity contribution in [3.05, 3.63) is 0 Å². The lowest BCUT2D eigenvalue weighted by Crippen LogP contribution is -2.45. The molecule has 0 aliphatic heterocycles. The lowest BCUT2D eigenvalue weighted by Gasteiger charge is -2.30. The highest BCUT2D eigenvalue weighted by molar-refractivity contribution is 7.52. The third-order valence-corrected chi connectivity index (χ3v) is 3.96.